The van der Waals surface area contributed by atoms with Crippen LogP contribution in [-0.2, 0) is 0 Å². The Morgan fingerprint density at radius 3 is 3.05 bits per heavy atom. The van der Waals surface area contributed by atoms with E-state index < -0.39 is 0 Å². The smallest absolute Gasteiger partial charge is 0.214 e. The molecular formula is C11H11N7O. The quantitative estimate of drug-likeness (QED) is 0.527. The molecule has 0 spiro atoms. The van der Waals surface area contributed by atoms with Crippen molar-refractivity contribution >= 4 is 22.7 Å². The molecule has 3 heterocycles. The Kier molecular flexibility index (Phi) is 2.69. The zero-order valence-corrected chi connectivity index (χ0v) is 10.1. The Balaban J connectivity index is 2.07. The van der Waals surface area contributed by atoms with E-state index in [1.54, 1.807) is 31.5 Å². The van der Waals surface area contributed by atoms with Crippen molar-refractivity contribution in [1.82, 2.24) is 25.1 Å². The van der Waals surface area contributed by atoms with Crippen LogP contribution >= 0.6 is 0 Å². The predicted molar refractivity (Wildman–Crippen MR) is 68.8 cm³/mol. The predicted octanol–water partition coefficient (Wildman–Crippen LogP) is 0.768. The normalized spacial score (nSPS) is 10.6. The molecule has 0 aliphatic heterocycles. The van der Waals surface area contributed by atoms with Crippen molar-refractivity contribution in [2.24, 2.45) is 5.84 Å². The lowest BCUT2D eigenvalue weighted by Gasteiger charge is -2.17. The van der Waals surface area contributed by atoms with Crippen LogP contribution in [-0.4, -0.2) is 32.3 Å². The van der Waals surface area contributed by atoms with Crippen LogP contribution < -0.4 is 15.6 Å². The van der Waals surface area contributed by atoms with Crippen LogP contribution in [0.25, 0.3) is 11.0 Å². The second-order valence-corrected chi connectivity index (χ2v) is 3.74. The first kappa shape index (κ1) is 11.4. The van der Waals surface area contributed by atoms with Gasteiger partial charge in [0.05, 0.1) is 18.7 Å². The van der Waals surface area contributed by atoms with Crippen molar-refractivity contribution in [1.29, 1.82) is 0 Å². The molecule has 0 saturated heterocycles. The lowest BCUT2D eigenvalue weighted by atomic mass is 10.3. The van der Waals surface area contributed by atoms with Gasteiger partial charge in [0, 0.05) is 6.07 Å². The number of ether oxygens (including phenoxy) is 1. The average molecular weight is 257 g/mol. The minimum absolute atomic E-state index is 0.477. The van der Waals surface area contributed by atoms with Gasteiger partial charge in [-0.3, -0.25) is 5.10 Å². The van der Waals surface area contributed by atoms with Crippen LogP contribution in [0.4, 0.5) is 11.6 Å². The van der Waals surface area contributed by atoms with Crippen molar-refractivity contribution in [3.05, 3.63) is 30.7 Å². The number of pyridine rings is 1. The van der Waals surface area contributed by atoms with Gasteiger partial charge in [-0.05, 0) is 6.07 Å². The molecule has 3 N–H and O–H groups in total. The molecular weight excluding hydrogens is 246 g/mol. The number of hydrogen-bond donors (Lipinski definition) is 2. The molecule has 0 fully saturated rings. The number of hydrazine groups is 1. The number of H-pyrrole nitrogens is 1. The fourth-order valence-electron chi connectivity index (χ4n) is 1.70. The molecule has 0 bridgehead atoms. The molecule has 0 aliphatic rings. The molecule has 0 radical (unpaired) electrons. The van der Waals surface area contributed by atoms with Gasteiger partial charge in [-0.1, -0.05) is 6.07 Å². The van der Waals surface area contributed by atoms with E-state index in [0.29, 0.717) is 23.2 Å². The van der Waals surface area contributed by atoms with Crippen LogP contribution in [0.15, 0.2) is 30.7 Å². The van der Waals surface area contributed by atoms with E-state index in [9.17, 15) is 0 Å². The summed E-state index contributed by atoms with van der Waals surface area (Å²) >= 11 is 0. The molecule has 0 aliphatic carbocycles. The van der Waals surface area contributed by atoms with Gasteiger partial charge < -0.3 is 4.74 Å². The molecule has 3 aromatic heterocycles. The zero-order valence-electron chi connectivity index (χ0n) is 10.1. The third-order valence-electron chi connectivity index (χ3n) is 2.62. The number of anilines is 2. The first-order chi connectivity index (χ1) is 9.29. The van der Waals surface area contributed by atoms with E-state index >= 15 is 0 Å². The second kappa shape index (κ2) is 4.50. The van der Waals surface area contributed by atoms with Crippen molar-refractivity contribution in [3.63, 3.8) is 0 Å². The van der Waals surface area contributed by atoms with E-state index in [2.05, 4.69) is 25.1 Å². The Bertz CT molecular complexity index is 711. The summed E-state index contributed by atoms with van der Waals surface area (Å²) in [4.78, 5) is 12.5. The van der Waals surface area contributed by atoms with Gasteiger partial charge in [-0.2, -0.15) is 10.1 Å². The largest absolute Gasteiger partial charge is 0.481 e. The van der Waals surface area contributed by atoms with Crippen LogP contribution in [0.3, 0.4) is 0 Å². The lowest BCUT2D eigenvalue weighted by molar-refractivity contribution is 0.398. The summed E-state index contributed by atoms with van der Waals surface area (Å²) in [7, 11) is 1.55. The number of nitrogens with one attached hydrogen (secondary N) is 1. The Morgan fingerprint density at radius 2 is 2.21 bits per heavy atom. The number of aromatic nitrogens is 5. The molecule has 96 valence electrons. The molecule has 8 nitrogen and oxygen atoms in total. The number of hydrogen-bond acceptors (Lipinski definition) is 7. The highest BCUT2D eigenvalue weighted by atomic mass is 16.5. The standard InChI is InChI=1S/C11H11N7O/c1-19-9-4-2-3-8(16-9)18(12)11-7-5-15-17-10(7)13-6-14-11/h2-6H,12H2,1H3,(H,13,14,15,17). The van der Waals surface area contributed by atoms with E-state index in [4.69, 9.17) is 10.6 Å². The minimum atomic E-state index is 0.477. The van der Waals surface area contributed by atoms with Crippen molar-refractivity contribution in [2.45, 2.75) is 0 Å². The molecule has 3 aromatic rings. The van der Waals surface area contributed by atoms with Crippen LogP contribution in [0.2, 0.25) is 0 Å². The van der Waals surface area contributed by atoms with Gasteiger partial charge in [0.25, 0.3) is 0 Å². The molecule has 0 unspecified atom stereocenters. The van der Waals surface area contributed by atoms with Gasteiger partial charge in [-0.15, -0.1) is 0 Å². The van der Waals surface area contributed by atoms with Crippen LogP contribution in [0, 0.1) is 0 Å². The van der Waals surface area contributed by atoms with Gasteiger partial charge in [0.15, 0.2) is 17.3 Å². The SMILES string of the molecule is COc1cccc(N(N)c2ncnc3[nH]ncc23)n1. The summed E-state index contributed by atoms with van der Waals surface area (Å²) in [6.07, 6.45) is 3.03. The topological polar surface area (TPSA) is 106 Å². The summed E-state index contributed by atoms with van der Waals surface area (Å²) in [5.41, 5.74) is 0.614. The highest BCUT2D eigenvalue weighted by Crippen LogP contribution is 2.25. The van der Waals surface area contributed by atoms with Crippen molar-refractivity contribution < 1.29 is 4.74 Å². The third-order valence-corrected chi connectivity index (χ3v) is 2.62. The zero-order chi connectivity index (χ0) is 13.2. The number of methoxy groups -OCH3 is 1. The molecule has 0 aromatic carbocycles. The lowest BCUT2D eigenvalue weighted by Crippen LogP contribution is -2.27. The van der Waals surface area contributed by atoms with Gasteiger partial charge in [-0.25, -0.2) is 20.8 Å². The molecule has 3 rings (SSSR count). The number of aromatic amines is 1. The fourth-order valence-corrected chi connectivity index (χ4v) is 1.70. The third kappa shape index (κ3) is 1.93. The highest BCUT2D eigenvalue weighted by Gasteiger charge is 2.13. The number of nitrogens with two attached hydrogens (primary N) is 1. The summed E-state index contributed by atoms with van der Waals surface area (Å²) in [5.74, 6) is 7.55. The number of nitrogens with zero attached hydrogens (tertiary/aromatic N) is 5. The molecule has 0 saturated carbocycles. The number of fused-ring (bicyclic) bond motifs is 1. The maximum atomic E-state index is 6.05. The minimum Gasteiger partial charge on any atom is -0.481 e. The molecule has 8 heteroatoms. The Hall–Kier alpha value is -2.74. The fraction of sp³-hybridized carbons (Fsp3) is 0.0909. The first-order valence-electron chi connectivity index (χ1n) is 5.49. The highest BCUT2D eigenvalue weighted by molar-refractivity contribution is 5.87. The first-order valence-corrected chi connectivity index (χ1v) is 5.49. The summed E-state index contributed by atoms with van der Waals surface area (Å²) < 4.78 is 5.07. The van der Waals surface area contributed by atoms with Gasteiger partial charge >= 0.3 is 0 Å². The maximum Gasteiger partial charge on any atom is 0.214 e. The monoisotopic (exact) mass is 257 g/mol. The van der Waals surface area contributed by atoms with E-state index in [-0.39, 0.29) is 0 Å². The second-order valence-electron chi connectivity index (χ2n) is 3.74. The van der Waals surface area contributed by atoms with Crippen molar-refractivity contribution in [2.75, 3.05) is 12.1 Å². The maximum absolute atomic E-state index is 6.05. The van der Waals surface area contributed by atoms with E-state index in [1.807, 2.05) is 0 Å². The summed E-state index contributed by atoms with van der Waals surface area (Å²) in [5, 5.41) is 8.76. The van der Waals surface area contributed by atoms with Crippen LogP contribution in [0.1, 0.15) is 0 Å². The summed E-state index contributed by atoms with van der Waals surface area (Å²) in [6.45, 7) is 0. The summed E-state index contributed by atoms with van der Waals surface area (Å²) in [6, 6.07) is 5.30. The van der Waals surface area contributed by atoms with Crippen molar-refractivity contribution in [3.8, 4) is 5.88 Å². The molecule has 19 heavy (non-hydrogen) atoms. The van der Waals surface area contributed by atoms with Crippen LogP contribution in [0.5, 0.6) is 5.88 Å². The van der Waals surface area contributed by atoms with E-state index in [0.717, 1.165) is 5.39 Å². The molecule has 0 amide bonds. The number of rotatable bonds is 3. The van der Waals surface area contributed by atoms with Gasteiger partial charge in [0.1, 0.15) is 6.33 Å². The average Bonchev–Trinajstić information content (AvgIpc) is 2.95. The molecule has 0 atom stereocenters. The van der Waals surface area contributed by atoms with E-state index in [1.165, 1.54) is 11.3 Å². The van der Waals surface area contributed by atoms with Gasteiger partial charge in [0.2, 0.25) is 5.88 Å². The Labute approximate surface area is 108 Å². The Morgan fingerprint density at radius 1 is 1.32 bits per heavy atom.